The first-order valence-electron chi connectivity index (χ1n) is 9.15. The number of nitrogens with one attached hydrogen (secondary N) is 1. The van der Waals surface area contributed by atoms with Crippen molar-refractivity contribution in [1.82, 2.24) is 15.1 Å². The lowest BCUT2D eigenvalue weighted by Crippen LogP contribution is -2.66. The van der Waals surface area contributed by atoms with E-state index in [0.29, 0.717) is 6.54 Å². The number of guanidine groups is 1. The molecule has 0 aromatic carbocycles. The summed E-state index contributed by atoms with van der Waals surface area (Å²) in [7, 11) is 1.80. The van der Waals surface area contributed by atoms with E-state index in [9.17, 15) is 4.79 Å². The zero-order valence-corrected chi connectivity index (χ0v) is 17.4. The Morgan fingerprint density at radius 1 is 1.36 bits per heavy atom. The topological polar surface area (TPSA) is 57.2 Å². The van der Waals surface area contributed by atoms with Crippen LogP contribution in [0.25, 0.3) is 0 Å². The molecule has 6 nitrogen and oxygen atoms in total. The number of nitrogens with zero attached hydrogens (tertiary/aromatic N) is 3. The fraction of sp³-hybridized carbons (Fsp3) is 0.889. The standard InChI is InChI=1S/C18H34N4O2S/c1-14(2)22-15(23)11-21(13-17(22,3)4)16(19-5)20-12-18(25-6)7-9-24-10-8-18/h14H,7-13H2,1-6H3,(H,19,20). The number of amides is 1. The molecule has 0 spiro atoms. The maximum Gasteiger partial charge on any atom is 0.242 e. The average molecular weight is 371 g/mol. The van der Waals surface area contributed by atoms with Crippen LogP contribution in [0.1, 0.15) is 40.5 Å². The molecule has 1 amide bonds. The molecule has 2 aliphatic heterocycles. The second-order valence-corrected chi connectivity index (χ2v) is 9.20. The van der Waals surface area contributed by atoms with Gasteiger partial charge in [-0.15, -0.1) is 0 Å². The molecular formula is C18H34N4O2S. The monoisotopic (exact) mass is 370 g/mol. The van der Waals surface area contributed by atoms with E-state index >= 15 is 0 Å². The maximum atomic E-state index is 12.7. The number of piperazine rings is 1. The van der Waals surface area contributed by atoms with E-state index < -0.39 is 0 Å². The number of thioether (sulfide) groups is 1. The van der Waals surface area contributed by atoms with Gasteiger partial charge >= 0.3 is 0 Å². The van der Waals surface area contributed by atoms with Gasteiger partial charge in [-0.2, -0.15) is 11.8 Å². The normalized spacial score (nSPS) is 24.0. The fourth-order valence-corrected chi connectivity index (χ4v) is 4.87. The number of carbonyl (C=O) groups excluding carboxylic acids is 1. The van der Waals surface area contributed by atoms with E-state index in [1.54, 1.807) is 7.05 Å². The van der Waals surface area contributed by atoms with E-state index in [2.05, 4.69) is 49.2 Å². The lowest BCUT2D eigenvalue weighted by Gasteiger charge is -2.49. The Bertz CT molecular complexity index is 501. The van der Waals surface area contributed by atoms with Crippen LogP contribution >= 0.6 is 11.8 Å². The predicted octanol–water partition coefficient (Wildman–Crippen LogP) is 1.81. The molecular weight excluding hydrogens is 336 g/mol. The van der Waals surface area contributed by atoms with E-state index in [4.69, 9.17) is 4.74 Å². The lowest BCUT2D eigenvalue weighted by atomic mass is 9.96. The molecule has 0 radical (unpaired) electrons. The van der Waals surface area contributed by atoms with Gasteiger partial charge in [0.25, 0.3) is 0 Å². The Labute approximate surface area is 156 Å². The highest BCUT2D eigenvalue weighted by molar-refractivity contribution is 8.00. The van der Waals surface area contributed by atoms with Crippen LogP contribution in [0.3, 0.4) is 0 Å². The molecule has 2 rings (SSSR count). The zero-order chi connectivity index (χ0) is 18.7. The van der Waals surface area contributed by atoms with Crippen LogP contribution in [-0.4, -0.2) is 84.1 Å². The van der Waals surface area contributed by atoms with Crippen LogP contribution in [0.5, 0.6) is 0 Å². The van der Waals surface area contributed by atoms with Crippen molar-refractivity contribution in [1.29, 1.82) is 0 Å². The molecule has 0 bridgehead atoms. The van der Waals surface area contributed by atoms with E-state index in [1.165, 1.54) is 0 Å². The summed E-state index contributed by atoms with van der Waals surface area (Å²) < 4.78 is 5.71. The minimum absolute atomic E-state index is 0.167. The molecule has 0 aliphatic carbocycles. The molecule has 0 aromatic rings. The lowest BCUT2D eigenvalue weighted by molar-refractivity contribution is -0.145. The summed E-state index contributed by atoms with van der Waals surface area (Å²) >= 11 is 1.91. The van der Waals surface area contributed by atoms with Gasteiger partial charge in [0.15, 0.2) is 5.96 Å². The number of hydrogen-bond acceptors (Lipinski definition) is 4. The van der Waals surface area contributed by atoms with Gasteiger partial charge < -0.3 is 19.9 Å². The van der Waals surface area contributed by atoms with Crippen LogP contribution in [0, 0.1) is 0 Å². The van der Waals surface area contributed by atoms with Crippen molar-refractivity contribution in [2.75, 3.05) is 46.2 Å². The largest absolute Gasteiger partial charge is 0.381 e. The molecule has 1 N–H and O–H groups in total. The van der Waals surface area contributed by atoms with Gasteiger partial charge in [0.05, 0.1) is 12.1 Å². The Balaban J connectivity index is 2.05. The van der Waals surface area contributed by atoms with Crippen LogP contribution in [0.2, 0.25) is 0 Å². The fourth-order valence-electron chi connectivity index (χ4n) is 4.08. The average Bonchev–Trinajstić information content (AvgIpc) is 2.54. The van der Waals surface area contributed by atoms with E-state index in [1.807, 2.05) is 16.7 Å². The maximum absolute atomic E-state index is 12.7. The molecule has 144 valence electrons. The Kier molecular flexibility index (Phi) is 6.65. The SMILES string of the molecule is CN=C(NCC1(SC)CCOCC1)N1CC(=O)N(C(C)C)C(C)(C)C1. The Morgan fingerprint density at radius 2 is 2.00 bits per heavy atom. The summed E-state index contributed by atoms with van der Waals surface area (Å²) in [5.74, 6) is 0.990. The summed E-state index contributed by atoms with van der Waals surface area (Å²) in [4.78, 5) is 21.2. The first-order chi connectivity index (χ1) is 11.7. The second-order valence-electron chi connectivity index (χ2n) is 7.93. The minimum atomic E-state index is -0.211. The van der Waals surface area contributed by atoms with Crippen LogP contribution in [-0.2, 0) is 9.53 Å². The third kappa shape index (κ3) is 4.61. The van der Waals surface area contributed by atoms with Crippen molar-refractivity contribution < 1.29 is 9.53 Å². The van der Waals surface area contributed by atoms with Crippen molar-refractivity contribution in [3.63, 3.8) is 0 Å². The molecule has 7 heteroatoms. The number of hydrogen-bond donors (Lipinski definition) is 1. The summed E-state index contributed by atoms with van der Waals surface area (Å²) in [5.41, 5.74) is -0.211. The predicted molar refractivity (Wildman–Crippen MR) is 105 cm³/mol. The number of aliphatic imine (C=N–C) groups is 1. The quantitative estimate of drug-likeness (QED) is 0.604. The Morgan fingerprint density at radius 3 is 2.48 bits per heavy atom. The first-order valence-corrected chi connectivity index (χ1v) is 10.4. The molecule has 2 fully saturated rings. The third-order valence-electron chi connectivity index (χ3n) is 5.26. The smallest absolute Gasteiger partial charge is 0.242 e. The summed E-state index contributed by atoms with van der Waals surface area (Å²) in [6, 6.07) is 0.210. The van der Waals surface area contributed by atoms with Crippen molar-refractivity contribution >= 4 is 23.6 Å². The van der Waals surface area contributed by atoms with Gasteiger partial charge in [0.1, 0.15) is 0 Å². The van der Waals surface area contributed by atoms with Gasteiger partial charge in [-0.3, -0.25) is 9.79 Å². The molecule has 2 heterocycles. The van der Waals surface area contributed by atoms with Gasteiger partial charge in [-0.1, -0.05) is 0 Å². The molecule has 0 unspecified atom stereocenters. The van der Waals surface area contributed by atoms with Gasteiger partial charge in [0.2, 0.25) is 5.91 Å². The van der Waals surface area contributed by atoms with E-state index in [0.717, 1.165) is 45.1 Å². The molecule has 0 saturated carbocycles. The number of ether oxygens (including phenoxy) is 1. The van der Waals surface area contributed by atoms with Gasteiger partial charge in [0, 0.05) is 44.1 Å². The van der Waals surface area contributed by atoms with Crippen molar-refractivity contribution in [3.05, 3.63) is 0 Å². The van der Waals surface area contributed by atoms with E-state index in [-0.39, 0.29) is 22.2 Å². The highest BCUT2D eigenvalue weighted by Crippen LogP contribution is 2.33. The molecule has 0 aromatic heterocycles. The van der Waals surface area contributed by atoms with Gasteiger partial charge in [-0.05, 0) is 46.8 Å². The van der Waals surface area contributed by atoms with Crippen LogP contribution in [0.4, 0.5) is 0 Å². The number of carbonyl (C=O) groups is 1. The molecule has 25 heavy (non-hydrogen) atoms. The van der Waals surface area contributed by atoms with Crippen LogP contribution < -0.4 is 5.32 Å². The summed E-state index contributed by atoms with van der Waals surface area (Å²) in [5, 5.41) is 3.53. The molecule has 0 atom stereocenters. The second kappa shape index (κ2) is 8.16. The molecule has 2 saturated heterocycles. The third-order valence-corrected chi connectivity index (χ3v) is 6.68. The highest BCUT2D eigenvalue weighted by Gasteiger charge is 2.41. The minimum Gasteiger partial charge on any atom is -0.381 e. The van der Waals surface area contributed by atoms with Crippen molar-refractivity contribution in [2.45, 2.75) is 56.9 Å². The van der Waals surface area contributed by atoms with Crippen LogP contribution in [0.15, 0.2) is 4.99 Å². The zero-order valence-electron chi connectivity index (χ0n) is 16.6. The Hall–Kier alpha value is -0.950. The van der Waals surface area contributed by atoms with Gasteiger partial charge in [-0.25, -0.2) is 0 Å². The summed E-state index contributed by atoms with van der Waals surface area (Å²) in [6.45, 7) is 12.1. The van der Waals surface area contributed by atoms with Crippen molar-refractivity contribution in [2.24, 2.45) is 4.99 Å². The molecule has 2 aliphatic rings. The highest BCUT2D eigenvalue weighted by atomic mass is 32.2. The number of rotatable bonds is 4. The van der Waals surface area contributed by atoms with Crippen molar-refractivity contribution in [3.8, 4) is 0 Å². The first kappa shape index (κ1) is 20.4. The summed E-state index contributed by atoms with van der Waals surface area (Å²) in [6.07, 6.45) is 4.26.